The molecule has 4 heteroatoms. The minimum atomic E-state index is -0.555. The highest BCUT2D eigenvalue weighted by molar-refractivity contribution is 14.1. The molecule has 2 rings (SSSR count). The van der Waals surface area contributed by atoms with E-state index in [4.69, 9.17) is 4.74 Å². The van der Waals surface area contributed by atoms with Crippen LogP contribution < -0.4 is 10.1 Å². The van der Waals surface area contributed by atoms with E-state index < -0.39 is 6.10 Å². The summed E-state index contributed by atoms with van der Waals surface area (Å²) in [4.78, 5) is 12.3. The average Bonchev–Trinajstić information content (AvgIpc) is 2.45. The number of carbonyl (C=O) groups excluding carboxylic acids is 1. The van der Waals surface area contributed by atoms with Crippen molar-refractivity contribution in [1.29, 1.82) is 0 Å². The van der Waals surface area contributed by atoms with Crippen molar-refractivity contribution in [1.82, 2.24) is 0 Å². The van der Waals surface area contributed by atoms with Gasteiger partial charge in [0.2, 0.25) is 0 Å². The lowest BCUT2D eigenvalue weighted by Gasteiger charge is -2.16. The number of hydrogen-bond donors (Lipinski definition) is 1. The first-order valence-corrected chi connectivity index (χ1v) is 8.25. The number of amides is 1. The molecule has 0 fully saturated rings. The van der Waals surface area contributed by atoms with Crippen molar-refractivity contribution >= 4 is 34.2 Å². The van der Waals surface area contributed by atoms with Crippen molar-refractivity contribution in [2.75, 3.05) is 5.32 Å². The Kier molecular flexibility index (Phi) is 5.45. The van der Waals surface area contributed by atoms with Crippen LogP contribution in [0.5, 0.6) is 5.75 Å². The predicted octanol–water partition coefficient (Wildman–Crippen LogP) is 4.62. The normalized spacial score (nSPS) is 11.9. The SMILES string of the molecule is Cc1ccc(OC(C)C(=O)Nc2ccc(I)cc2C)cc1C. The lowest BCUT2D eigenvalue weighted by molar-refractivity contribution is -0.122. The summed E-state index contributed by atoms with van der Waals surface area (Å²) in [5.74, 6) is 0.563. The molecule has 2 aromatic rings. The number of nitrogens with one attached hydrogen (secondary N) is 1. The summed E-state index contributed by atoms with van der Waals surface area (Å²) < 4.78 is 6.88. The van der Waals surface area contributed by atoms with Crippen LogP contribution in [0, 0.1) is 24.3 Å². The molecule has 0 aliphatic carbocycles. The molecule has 0 radical (unpaired) electrons. The molecule has 22 heavy (non-hydrogen) atoms. The van der Waals surface area contributed by atoms with Crippen molar-refractivity contribution in [3.8, 4) is 5.75 Å². The average molecular weight is 409 g/mol. The van der Waals surface area contributed by atoms with E-state index in [1.165, 1.54) is 5.56 Å². The monoisotopic (exact) mass is 409 g/mol. The van der Waals surface area contributed by atoms with Crippen LogP contribution in [0.1, 0.15) is 23.6 Å². The van der Waals surface area contributed by atoms with Gasteiger partial charge in [-0.1, -0.05) is 6.07 Å². The number of rotatable bonds is 4. The topological polar surface area (TPSA) is 38.3 Å². The molecule has 1 amide bonds. The Bertz CT molecular complexity index is 697. The van der Waals surface area contributed by atoms with Crippen molar-refractivity contribution < 1.29 is 9.53 Å². The molecule has 1 unspecified atom stereocenters. The Balaban J connectivity index is 2.04. The van der Waals surface area contributed by atoms with Gasteiger partial charge in [-0.05, 0) is 97.3 Å². The van der Waals surface area contributed by atoms with E-state index >= 15 is 0 Å². The summed E-state index contributed by atoms with van der Waals surface area (Å²) in [5.41, 5.74) is 4.22. The zero-order valence-electron chi connectivity index (χ0n) is 13.2. The fraction of sp³-hybridized carbons (Fsp3) is 0.278. The third-order valence-electron chi connectivity index (χ3n) is 3.61. The van der Waals surface area contributed by atoms with Gasteiger partial charge in [-0.2, -0.15) is 0 Å². The summed E-state index contributed by atoms with van der Waals surface area (Å²) in [6.07, 6.45) is -0.555. The summed E-state index contributed by atoms with van der Waals surface area (Å²) in [6.45, 7) is 7.82. The number of hydrogen-bond acceptors (Lipinski definition) is 2. The Hall–Kier alpha value is -1.56. The molecule has 0 aliphatic heterocycles. The zero-order chi connectivity index (χ0) is 16.3. The van der Waals surface area contributed by atoms with Crippen LogP contribution in [-0.2, 0) is 4.79 Å². The lowest BCUT2D eigenvalue weighted by Crippen LogP contribution is -2.30. The lowest BCUT2D eigenvalue weighted by atomic mass is 10.1. The van der Waals surface area contributed by atoms with E-state index in [1.807, 2.05) is 50.2 Å². The highest BCUT2D eigenvalue weighted by Gasteiger charge is 2.16. The fourth-order valence-corrected chi connectivity index (χ4v) is 2.69. The number of aryl methyl sites for hydroxylation is 3. The van der Waals surface area contributed by atoms with E-state index in [-0.39, 0.29) is 5.91 Å². The first-order valence-electron chi connectivity index (χ1n) is 7.18. The van der Waals surface area contributed by atoms with Crippen molar-refractivity contribution in [3.63, 3.8) is 0 Å². The second-order valence-electron chi connectivity index (χ2n) is 5.45. The van der Waals surface area contributed by atoms with Gasteiger partial charge in [0.1, 0.15) is 5.75 Å². The van der Waals surface area contributed by atoms with Crippen LogP contribution in [0.4, 0.5) is 5.69 Å². The Morgan fingerprint density at radius 2 is 1.77 bits per heavy atom. The highest BCUT2D eigenvalue weighted by Crippen LogP contribution is 2.20. The third-order valence-corrected chi connectivity index (χ3v) is 4.28. The molecule has 0 saturated carbocycles. The summed E-state index contributed by atoms with van der Waals surface area (Å²) in [6, 6.07) is 11.8. The molecule has 116 valence electrons. The number of anilines is 1. The van der Waals surface area contributed by atoms with Crippen molar-refractivity contribution in [2.24, 2.45) is 0 Å². The Morgan fingerprint density at radius 3 is 2.41 bits per heavy atom. The van der Waals surface area contributed by atoms with Crippen LogP contribution >= 0.6 is 22.6 Å². The minimum Gasteiger partial charge on any atom is -0.481 e. The van der Waals surface area contributed by atoms with E-state index in [1.54, 1.807) is 6.92 Å². The quantitative estimate of drug-likeness (QED) is 0.749. The molecular formula is C18H20INO2. The van der Waals surface area contributed by atoms with Gasteiger partial charge in [-0.3, -0.25) is 4.79 Å². The molecular weight excluding hydrogens is 389 g/mol. The van der Waals surface area contributed by atoms with Gasteiger partial charge in [0.25, 0.3) is 5.91 Å². The van der Waals surface area contributed by atoms with Crippen LogP contribution in [0.3, 0.4) is 0 Å². The van der Waals surface area contributed by atoms with Gasteiger partial charge in [0, 0.05) is 9.26 Å². The number of halogens is 1. The molecule has 0 spiro atoms. The smallest absolute Gasteiger partial charge is 0.265 e. The Morgan fingerprint density at radius 1 is 1.05 bits per heavy atom. The molecule has 0 saturated heterocycles. The largest absolute Gasteiger partial charge is 0.481 e. The fourth-order valence-electron chi connectivity index (χ4n) is 2.05. The first-order chi connectivity index (χ1) is 10.4. The third kappa shape index (κ3) is 4.22. The van der Waals surface area contributed by atoms with Gasteiger partial charge in [-0.15, -0.1) is 0 Å². The standard InChI is InChI=1S/C18H20INO2/c1-11-5-7-16(10-12(11)2)22-14(4)18(21)20-17-8-6-15(19)9-13(17)3/h5-10,14H,1-4H3,(H,20,21). The minimum absolute atomic E-state index is 0.150. The van der Waals surface area contributed by atoms with Crippen molar-refractivity contribution in [3.05, 3.63) is 56.7 Å². The van der Waals surface area contributed by atoms with Crippen LogP contribution in [0.2, 0.25) is 0 Å². The number of benzene rings is 2. The zero-order valence-corrected chi connectivity index (χ0v) is 15.4. The van der Waals surface area contributed by atoms with Gasteiger partial charge < -0.3 is 10.1 Å². The maximum absolute atomic E-state index is 12.3. The van der Waals surface area contributed by atoms with E-state index in [9.17, 15) is 4.79 Å². The second-order valence-corrected chi connectivity index (χ2v) is 6.70. The van der Waals surface area contributed by atoms with Crippen LogP contribution in [-0.4, -0.2) is 12.0 Å². The second kappa shape index (κ2) is 7.13. The van der Waals surface area contributed by atoms with Gasteiger partial charge in [-0.25, -0.2) is 0 Å². The summed E-state index contributed by atoms with van der Waals surface area (Å²) in [5, 5.41) is 2.92. The molecule has 1 atom stereocenters. The van der Waals surface area contributed by atoms with Crippen LogP contribution in [0.15, 0.2) is 36.4 Å². The van der Waals surface area contributed by atoms with E-state index in [0.717, 1.165) is 20.4 Å². The molecule has 1 N–H and O–H groups in total. The molecule has 0 aliphatic rings. The Labute approximate surface area is 145 Å². The maximum Gasteiger partial charge on any atom is 0.265 e. The molecule has 0 aromatic heterocycles. The highest BCUT2D eigenvalue weighted by atomic mass is 127. The first kappa shape index (κ1) is 16.8. The van der Waals surface area contributed by atoms with Crippen LogP contribution in [0.25, 0.3) is 0 Å². The number of ether oxygens (including phenoxy) is 1. The maximum atomic E-state index is 12.3. The van der Waals surface area contributed by atoms with Gasteiger partial charge >= 0.3 is 0 Å². The summed E-state index contributed by atoms with van der Waals surface area (Å²) >= 11 is 2.25. The molecule has 2 aromatic carbocycles. The molecule has 3 nitrogen and oxygen atoms in total. The number of carbonyl (C=O) groups is 1. The van der Waals surface area contributed by atoms with Gasteiger partial charge in [0.15, 0.2) is 6.10 Å². The summed E-state index contributed by atoms with van der Waals surface area (Å²) in [7, 11) is 0. The molecule has 0 heterocycles. The predicted molar refractivity (Wildman–Crippen MR) is 98.5 cm³/mol. The van der Waals surface area contributed by atoms with Crippen molar-refractivity contribution in [2.45, 2.75) is 33.8 Å². The van der Waals surface area contributed by atoms with E-state index in [2.05, 4.69) is 34.8 Å². The van der Waals surface area contributed by atoms with E-state index in [0.29, 0.717) is 5.75 Å². The molecule has 0 bridgehead atoms. The van der Waals surface area contributed by atoms with Gasteiger partial charge in [0.05, 0.1) is 0 Å².